The van der Waals surface area contributed by atoms with Gasteiger partial charge in [0.15, 0.2) is 0 Å². The van der Waals surface area contributed by atoms with Crippen LogP contribution in [0.25, 0.3) is 0 Å². The van der Waals surface area contributed by atoms with Gasteiger partial charge in [0.25, 0.3) is 0 Å². The van der Waals surface area contributed by atoms with Gasteiger partial charge in [0, 0.05) is 19.3 Å². The number of aliphatic hydroxyl groups excluding tert-OH is 1. The first-order valence-corrected chi connectivity index (χ1v) is 3.69. The summed E-state index contributed by atoms with van der Waals surface area (Å²) >= 11 is 0. The van der Waals surface area contributed by atoms with E-state index in [0.29, 0.717) is 0 Å². The maximum absolute atomic E-state index is 8.48. The number of aliphatic hydroxyl groups is 1. The number of pyridine rings is 1. The van der Waals surface area contributed by atoms with Gasteiger partial charge in [0.05, 0.1) is 8.41 Å². The van der Waals surface area contributed by atoms with E-state index >= 15 is 0 Å². The molecule has 0 aliphatic rings. The highest BCUT2D eigenvalue weighted by Gasteiger charge is 1.88. The second kappa shape index (κ2) is 6.67. The summed E-state index contributed by atoms with van der Waals surface area (Å²) in [5.41, 5.74) is 0. The van der Waals surface area contributed by atoms with E-state index in [1.54, 1.807) is 6.20 Å². The maximum atomic E-state index is 8.48. The van der Waals surface area contributed by atoms with Crippen molar-refractivity contribution in [1.29, 1.82) is 0 Å². The lowest BCUT2D eigenvalue weighted by Crippen LogP contribution is -2.04. The molecule has 0 fully saturated rings. The fourth-order valence-corrected chi connectivity index (χ4v) is 0.763. The van der Waals surface area contributed by atoms with Crippen LogP contribution < -0.4 is 5.32 Å². The van der Waals surface area contributed by atoms with Crippen LogP contribution in [0.15, 0.2) is 24.4 Å². The molecule has 1 heterocycles. The molecule has 2 N–H and O–H groups in total. The van der Waals surface area contributed by atoms with Crippen LogP contribution in [-0.4, -0.2) is 31.7 Å². The standard InChI is InChI=1S/C8H12N2O.BH3/c11-7-3-6-10-8-4-1-2-5-9-8;/h1-2,4-5,11H,3,6-7H2,(H,9,10);1H3. The summed E-state index contributed by atoms with van der Waals surface area (Å²) < 4.78 is 0. The minimum Gasteiger partial charge on any atom is -0.396 e. The molecule has 12 heavy (non-hydrogen) atoms. The van der Waals surface area contributed by atoms with Gasteiger partial charge in [-0.15, -0.1) is 0 Å². The second-order valence-corrected chi connectivity index (χ2v) is 2.22. The predicted octanol–water partition coefficient (Wildman–Crippen LogP) is -0.308. The van der Waals surface area contributed by atoms with Crippen LogP contribution >= 0.6 is 0 Å². The molecule has 0 saturated heterocycles. The molecule has 1 aromatic heterocycles. The Bertz CT molecular complexity index is 194. The monoisotopic (exact) mass is 166 g/mol. The number of rotatable bonds is 4. The lowest BCUT2D eigenvalue weighted by atomic mass is 10.4. The first-order chi connectivity index (χ1) is 5.43. The summed E-state index contributed by atoms with van der Waals surface area (Å²) in [6, 6.07) is 5.70. The minimum atomic E-state index is 0. The summed E-state index contributed by atoms with van der Waals surface area (Å²) in [5, 5.41) is 11.6. The number of nitrogens with one attached hydrogen (secondary N) is 1. The Kier molecular flexibility index (Phi) is 6.10. The molecule has 0 aliphatic heterocycles. The third kappa shape index (κ3) is 3.98. The van der Waals surface area contributed by atoms with Crippen LogP contribution in [0.3, 0.4) is 0 Å². The molecule has 1 rings (SSSR count). The van der Waals surface area contributed by atoms with E-state index in [2.05, 4.69) is 10.3 Å². The Morgan fingerprint density at radius 3 is 2.83 bits per heavy atom. The molecule has 0 aromatic carbocycles. The zero-order chi connectivity index (χ0) is 7.94. The molecule has 0 saturated carbocycles. The normalized spacial score (nSPS) is 8.75. The van der Waals surface area contributed by atoms with Crippen LogP contribution in [0.2, 0.25) is 0 Å². The first-order valence-electron chi connectivity index (χ1n) is 3.69. The third-order valence-electron chi connectivity index (χ3n) is 1.31. The summed E-state index contributed by atoms with van der Waals surface area (Å²) in [7, 11) is 0. The van der Waals surface area contributed by atoms with Crippen molar-refractivity contribution < 1.29 is 5.11 Å². The highest BCUT2D eigenvalue weighted by Crippen LogP contribution is 1.98. The highest BCUT2D eigenvalue weighted by atomic mass is 16.3. The lowest BCUT2D eigenvalue weighted by Gasteiger charge is -2.01. The number of hydrogen-bond acceptors (Lipinski definition) is 3. The average Bonchev–Trinajstić information content (AvgIpc) is 2.07. The van der Waals surface area contributed by atoms with E-state index < -0.39 is 0 Å². The van der Waals surface area contributed by atoms with Crippen molar-refractivity contribution in [2.75, 3.05) is 18.5 Å². The Balaban J connectivity index is 0.00000121. The molecule has 0 radical (unpaired) electrons. The van der Waals surface area contributed by atoms with Crippen LogP contribution in [0.4, 0.5) is 5.82 Å². The van der Waals surface area contributed by atoms with Crippen molar-refractivity contribution in [3.05, 3.63) is 24.4 Å². The molecule has 1 aromatic rings. The van der Waals surface area contributed by atoms with Gasteiger partial charge in [0.2, 0.25) is 0 Å². The smallest absolute Gasteiger partial charge is 0.125 e. The lowest BCUT2D eigenvalue weighted by molar-refractivity contribution is 0.292. The Morgan fingerprint density at radius 1 is 1.42 bits per heavy atom. The van der Waals surface area contributed by atoms with Crippen LogP contribution in [-0.2, 0) is 0 Å². The topological polar surface area (TPSA) is 45.1 Å². The van der Waals surface area contributed by atoms with E-state index in [1.165, 1.54) is 0 Å². The van der Waals surface area contributed by atoms with E-state index in [-0.39, 0.29) is 15.0 Å². The van der Waals surface area contributed by atoms with Gasteiger partial charge >= 0.3 is 0 Å². The van der Waals surface area contributed by atoms with E-state index in [4.69, 9.17) is 5.11 Å². The molecule has 66 valence electrons. The molecule has 0 unspecified atom stereocenters. The van der Waals surface area contributed by atoms with Crippen molar-refractivity contribution >= 4 is 14.2 Å². The van der Waals surface area contributed by atoms with Crippen molar-refractivity contribution in [1.82, 2.24) is 4.98 Å². The molecule has 0 atom stereocenters. The van der Waals surface area contributed by atoms with Crippen molar-refractivity contribution in [2.24, 2.45) is 0 Å². The van der Waals surface area contributed by atoms with E-state index in [1.807, 2.05) is 18.2 Å². The zero-order valence-corrected chi connectivity index (χ0v) is 6.33. The van der Waals surface area contributed by atoms with Crippen LogP contribution in [0.5, 0.6) is 0 Å². The fourth-order valence-electron chi connectivity index (χ4n) is 0.763. The van der Waals surface area contributed by atoms with E-state index in [9.17, 15) is 0 Å². The molecule has 3 nitrogen and oxygen atoms in total. The molecule has 0 aliphatic carbocycles. The van der Waals surface area contributed by atoms with Gasteiger partial charge in [-0.25, -0.2) is 4.98 Å². The Labute approximate surface area is 74.4 Å². The fraction of sp³-hybridized carbons (Fsp3) is 0.375. The average molecular weight is 166 g/mol. The van der Waals surface area contributed by atoms with E-state index in [0.717, 1.165) is 18.8 Å². The molecule has 0 bridgehead atoms. The molecule has 4 heteroatoms. The van der Waals surface area contributed by atoms with Crippen LogP contribution in [0, 0.1) is 0 Å². The van der Waals surface area contributed by atoms with Gasteiger partial charge in [-0.1, -0.05) is 6.07 Å². The molecular formula is C8H15BN2O. The zero-order valence-electron chi connectivity index (χ0n) is 6.33. The van der Waals surface area contributed by atoms with Gasteiger partial charge in [-0.2, -0.15) is 0 Å². The first kappa shape index (κ1) is 11.0. The van der Waals surface area contributed by atoms with Crippen molar-refractivity contribution in [2.45, 2.75) is 6.42 Å². The van der Waals surface area contributed by atoms with Crippen LogP contribution in [0.1, 0.15) is 6.42 Å². The van der Waals surface area contributed by atoms with Crippen molar-refractivity contribution in [3.63, 3.8) is 0 Å². The summed E-state index contributed by atoms with van der Waals surface area (Å²) in [6.45, 7) is 0.993. The SMILES string of the molecule is B.OCCCNc1ccccn1. The number of nitrogens with zero attached hydrogens (tertiary/aromatic N) is 1. The predicted molar refractivity (Wildman–Crippen MR) is 54.4 cm³/mol. The number of anilines is 1. The summed E-state index contributed by atoms with van der Waals surface area (Å²) in [6.07, 6.45) is 2.50. The number of aromatic nitrogens is 1. The largest absolute Gasteiger partial charge is 0.396 e. The molecular weight excluding hydrogens is 151 g/mol. The second-order valence-electron chi connectivity index (χ2n) is 2.22. The summed E-state index contributed by atoms with van der Waals surface area (Å²) in [4.78, 5) is 4.06. The van der Waals surface area contributed by atoms with Gasteiger partial charge in [-0.3, -0.25) is 0 Å². The van der Waals surface area contributed by atoms with Crippen molar-refractivity contribution in [3.8, 4) is 0 Å². The maximum Gasteiger partial charge on any atom is 0.125 e. The minimum absolute atomic E-state index is 0. The molecule has 0 amide bonds. The Hall–Kier alpha value is -1.03. The van der Waals surface area contributed by atoms with Gasteiger partial charge in [-0.05, 0) is 18.6 Å². The van der Waals surface area contributed by atoms with Gasteiger partial charge in [0.1, 0.15) is 5.82 Å². The number of hydrogen-bond donors (Lipinski definition) is 2. The highest BCUT2D eigenvalue weighted by molar-refractivity contribution is 5.75. The quantitative estimate of drug-likeness (QED) is 0.476. The summed E-state index contributed by atoms with van der Waals surface area (Å²) in [5.74, 6) is 0.862. The third-order valence-corrected chi connectivity index (χ3v) is 1.31. The Morgan fingerprint density at radius 2 is 2.25 bits per heavy atom. The molecule has 0 spiro atoms. The van der Waals surface area contributed by atoms with Gasteiger partial charge < -0.3 is 10.4 Å².